The number of anilines is 1. The molecule has 4 nitrogen and oxygen atoms in total. The molecule has 0 spiro atoms. The van der Waals surface area contributed by atoms with Crippen LogP contribution in [-0.4, -0.2) is 37.5 Å². The topological polar surface area (TPSA) is 58.4 Å². The Kier molecular flexibility index (Phi) is 5.37. The fourth-order valence-corrected chi connectivity index (χ4v) is 1.68. The van der Waals surface area contributed by atoms with Crippen LogP contribution in [0.2, 0.25) is 5.02 Å². The molecule has 1 aromatic carbocycles. The number of carbonyl (C=O) groups is 1. The number of amides is 1. The first kappa shape index (κ1) is 14.7. The minimum Gasteiger partial charge on any atom is -0.380 e. The van der Waals surface area contributed by atoms with Crippen molar-refractivity contribution in [1.29, 1.82) is 0 Å². The van der Waals surface area contributed by atoms with Crippen LogP contribution in [0.15, 0.2) is 18.2 Å². The van der Waals surface area contributed by atoms with E-state index in [9.17, 15) is 9.18 Å². The molecule has 0 heterocycles. The third-order valence-electron chi connectivity index (χ3n) is 2.44. The van der Waals surface area contributed by atoms with Crippen LogP contribution in [0, 0.1) is 5.82 Å². The van der Waals surface area contributed by atoms with Gasteiger partial charge in [0, 0.05) is 43.8 Å². The quantitative estimate of drug-likeness (QED) is 0.858. The van der Waals surface area contributed by atoms with Crippen molar-refractivity contribution in [3.8, 4) is 0 Å². The molecule has 0 radical (unpaired) electrons. The highest BCUT2D eigenvalue weighted by Gasteiger charge is 2.14. The second-order valence-corrected chi connectivity index (χ2v) is 4.66. The van der Waals surface area contributed by atoms with Gasteiger partial charge < -0.3 is 16.0 Å². The zero-order valence-corrected chi connectivity index (χ0v) is 11.2. The van der Waals surface area contributed by atoms with Crippen molar-refractivity contribution >= 4 is 23.2 Å². The second kappa shape index (κ2) is 6.56. The lowest BCUT2D eigenvalue weighted by atomic mass is 10.1. The van der Waals surface area contributed by atoms with Crippen molar-refractivity contribution in [2.75, 3.05) is 26.0 Å². The van der Waals surface area contributed by atoms with E-state index in [0.29, 0.717) is 10.7 Å². The summed E-state index contributed by atoms with van der Waals surface area (Å²) in [4.78, 5) is 13.1. The molecule has 0 aliphatic rings. The largest absolute Gasteiger partial charge is 0.380 e. The van der Waals surface area contributed by atoms with E-state index in [2.05, 4.69) is 5.32 Å². The van der Waals surface area contributed by atoms with Crippen molar-refractivity contribution in [3.05, 3.63) is 29.0 Å². The number of carbonyl (C=O) groups excluding carboxylic acids is 1. The third kappa shape index (κ3) is 4.50. The standard InChI is InChI=1S/C12H17ClFN3O/c1-17(2)12(18)6-11(7-15)16-10-4-8(13)3-9(14)5-10/h3-5,11,16H,6-7,15H2,1-2H3. The molecule has 18 heavy (non-hydrogen) atoms. The minimum atomic E-state index is -0.431. The SMILES string of the molecule is CN(C)C(=O)CC(CN)Nc1cc(F)cc(Cl)c1. The molecule has 0 aromatic heterocycles. The zero-order chi connectivity index (χ0) is 13.7. The van der Waals surface area contributed by atoms with Crippen LogP contribution in [0.25, 0.3) is 0 Å². The molecule has 1 unspecified atom stereocenters. The fourth-order valence-electron chi connectivity index (χ4n) is 1.46. The molecule has 0 aliphatic carbocycles. The second-order valence-electron chi connectivity index (χ2n) is 4.23. The highest BCUT2D eigenvalue weighted by Crippen LogP contribution is 2.19. The molecule has 0 aliphatic heterocycles. The Morgan fingerprint density at radius 1 is 1.50 bits per heavy atom. The van der Waals surface area contributed by atoms with Crippen LogP contribution in [0.5, 0.6) is 0 Å². The molecule has 0 saturated carbocycles. The number of nitrogens with one attached hydrogen (secondary N) is 1. The van der Waals surface area contributed by atoms with Gasteiger partial charge >= 0.3 is 0 Å². The summed E-state index contributed by atoms with van der Waals surface area (Å²) in [6, 6.07) is 3.87. The summed E-state index contributed by atoms with van der Waals surface area (Å²) < 4.78 is 13.1. The average Bonchev–Trinajstić information content (AvgIpc) is 2.26. The summed E-state index contributed by atoms with van der Waals surface area (Å²) in [5.41, 5.74) is 6.10. The smallest absolute Gasteiger partial charge is 0.224 e. The van der Waals surface area contributed by atoms with Crippen LogP contribution >= 0.6 is 11.6 Å². The maximum Gasteiger partial charge on any atom is 0.224 e. The van der Waals surface area contributed by atoms with Crippen molar-refractivity contribution in [2.24, 2.45) is 5.73 Å². The van der Waals surface area contributed by atoms with Gasteiger partial charge in [-0.3, -0.25) is 4.79 Å². The van der Waals surface area contributed by atoms with Crippen molar-refractivity contribution in [3.63, 3.8) is 0 Å². The van der Waals surface area contributed by atoms with Crippen LogP contribution < -0.4 is 11.1 Å². The lowest BCUT2D eigenvalue weighted by molar-refractivity contribution is -0.128. The first-order valence-corrected chi connectivity index (χ1v) is 5.93. The molecular formula is C12H17ClFN3O. The summed E-state index contributed by atoms with van der Waals surface area (Å²) in [6.45, 7) is 0.272. The zero-order valence-electron chi connectivity index (χ0n) is 10.4. The number of benzene rings is 1. The number of hydrogen-bond acceptors (Lipinski definition) is 3. The van der Waals surface area contributed by atoms with Gasteiger partial charge in [0.05, 0.1) is 0 Å². The maximum absolute atomic E-state index is 13.1. The van der Waals surface area contributed by atoms with Gasteiger partial charge in [-0.15, -0.1) is 0 Å². The van der Waals surface area contributed by atoms with Gasteiger partial charge in [0.1, 0.15) is 5.82 Å². The Bertz CT molecular complexity index is 406. The molecule has 1 rings (SSSR count). The Balaban J connectivity index is 2.70. The predicted octanol–water partition coefficient (Wildman–Crippen LogP) is 1.70. The molecule has 0 bridgehead atoms. The number of hydrogen-bond donors (Lipinski definition) is 2. The van der Waals surface area contributed by atoms with E-state index in [-0.39, 0.29) is 24.9 Å². The molecule has 100 valence electrons. The monoisotopic (exact) mass is 273 g/mol. The van der Waals surface area contributed by atoms with E-state index >= 15 is 0 Å². The number of rotatable bonds is 5. The third-order valence-corrected chi connectivity index (χ3v) is 2.66. The van der Waals surface area contributed by atoms with Crippen LogP contribution in [0.1, 0.15) is 6.42 Å². The van der Waals surface area contributed by atoms with Crippen LogP contribution in [0.3, 0.4) is 0 Å². The van der Waals surface area contributed by atoms with E-state index in [0.717, 1.165) is 0 Å². The van der Waals surface area contributed by atoms with E-state index in [1.807, 2.05) is 0 Å². The first-order valence-electron chi connectivity index (χ1n) is 5.55. The summed E-state index contributed by atoms with van der Waals surface area (Å²) in [5.74, 6) is -0.472. The van der Waals surface area contributed by atoms with Gasteiger partial charge in [0.25, 0.3) is 0 Å². The Labute approximate surface area is 111 Å². The predicted molar refractivity (Wildman–Crippen MR) is 71.2 cm³/mol. The minimum absolute atomic E-state index is 0.0412. The molecular weight excluding hydrogens is 257 g/mol. The van der Waals surface area contributed by atoms with E-state index in [4.69, 9.17) is 17.3 Å². The van der Waals surface area contributed by atoms with Gasteiger partial charge in [-0.05, 0) is 18.2 Å². The van der Waals surface area contributed by atoms with Crippen molar-refractivity contribution in [2.45, 2.75) is 12.5 Å². The fraction of sp³-hybridized carbons (Fsp3) is 0.417. The van der Waals surface area contributed by atoms with Gasteiger partial charge in [0.15, 0.2) is 0 Å². The molecule has 1 atom stereocenters. The van der Waals surface area contributed by atoms with Crippen LogP contribution in [-0.2, 0) is 4.79 Å². The Morgan fingerprint density at radius 2 is 2.17 bits per heavy atom. The summed E-state index contributed by atoms with van der Waals surface area (Å²) in [5, 5.41) is 3.30. The van der Waals surface area contributed by atoms with Gasteiger partial charge in [-0.1, -0.05) is 11.6 Å². The molecule has 3 N–H and O–H groups in total. The average molecular weight is 274 g/mol. The summed E-state index contributed by atoms with van der Waals surface area (Å²) >= 11 is 5.75. The highest BCUT2D eigenvalue weighted by molar-refractivity contribution is 6.30. The van der Waals surface area contributed by atoms with Crippen molar-refractivity contribution < 1.29 is 9.18 Å². The number of nitrogens with two attached hydrogens (primary N) is 1. The number of nitrogens with zero attached hydrogens (tertiary/aromatic N) is 1. The van der Waals surface area contributed by atoms with Gasteiger partial charge in [0.2, 0.25) is 5.91 Å². The van der Waals surface area contributed by atoms with Gasteiger partial charge in [-0.2, -0.15) is 0 Å². The maximum atomic E-state index is 13.1. The van der Waals surface area contributed by atoms with Gasteiger partial charge in [-0.25, -0.2) is 4.39 Å². The molecule has 0 saturated heterocycles. The Morgan fingerprint density at radius 3 is 2.67 bits per heavy atom. The van der Waals surface area contributed by atoms with E-state index in [1.165, 1.54) is 17.0 Å². The molecule has 0 fully saturated rings. The first-order chi connectivity index (χ1) is 8.42. The van der Waals surface area contributed by atoms with E-state index in [1.54, 1.807) is 20.2 Å². The summed E-state index contributed by atoms with van der Waals surface area (Å²) in [6.07, 6.45) is 0.248. The molecule has 1 amide bonds. The van der Waals surface area contributed by atoms with E-state index < -0.39 is 5.82 Å². The Hall–Kier alpha value is -1.33. The lowest BCUT2D eigenvalue weighted by Crippen LogP contribution is -2.35. The molecule has 1 aromatic rings. The lowest BCUT2D eigenvalue weighted by Gasteiger charge is -2.20. The van der Waals surface area contributed by atoms with Crippen molar-refractivity contribution in [1.82, 2.24) is 4.90 Å². The van der Waals surface area contributed by atoms with Crippen LogP contribution in [0.4, 0.5) is 10.1 Å². The normalized spacial score (nSPS) is 12.1. The number of halogens is 2. The highest BCUT2D eigenvalue weighted by atomic mass is 35.5. The molecule has 6 heteroatoms. The summed E-state index contributed by atoms with van der Waals surface area (Å²) in [7, 11) is 3.35.